The molecule has 27 heavy (non-hydrogen) atoms. The molecular formula is C20H16BrN3O2S. The van der Waals surface area contributed by atoms with E-state index in [1.165, 1.54) is 16.7 Å². The number of hydrogen-bond donors (Lipinski definition) is 1. The van der Waals surface area contributed by atoms with Crippen molar-refractivity contribution >= 4 is 45.2 Å². The van der Waals surface area contributed by atoms with E-state index in [0.717, 1.165) is 10.0 Å². The van der Waals surface area contributed by atoms with Crippen molar-refractivity contribution in [2.75, 3.05) is 4.90 Å². The highest BCUT2D eigenvalue weighted by molar-refractivity contribution is 9.10. The van der Waals surface area contributed by atoms with Crippen molar-refractivity contribution in [2.24, 2.45) is 0 Å². The summed E-state index contributed by atoms with van der Waals surface area (Å²) in [5, 5.41) is 12.4. The molecule has 0 aliphatic carbocycles. The molecule has 7 heteroatoms. The lowest BCUT2D eigenvalue weighted by Gasteiger charge is -2.18. The first-order valence-electron chi connectivity index (χ1n) is 8.24. The summed E-state index contributed by atoms with van der Waals surface area (Å²) in [7, 11) is 0. The molecule has 2 amide bonds. The van der Waals surface area contributed by atoms with E-state index in [9.17, 15) is 14.9 Å². The van der Waals surface area contributed by atoms with Crippen LogP contribution in [0.4, 0.5) is 5.69 Å². The van der Waals surface area contributed by atoms with E-state index in [4.69, 9.17) is 0 Å². The topological polar surface area (TPSA) is 73.2 Å². The molecule has 0 unspecified atom stereocenters. The summed E-state index contributed by atoms with van der Waals surface area (Å²) in [4.78, 5) is 26.7. The summed E-state index contributed by atoms with van der Waals surface area (Å²) >= 11 is 4.59. The Balaban J connectivity index is 1.91. The Labute approximate surface area is 170 Å². The van der Waals surface area contributed by atoms with E-state index >= 15 is 0 Å². The van der Waals surface area contributed by atoms with Crippen LogP contribution < -0.4 is 10.2 Å². The van der Waals surface area contributed by atoms with E-state index in [0.29, 0.717) is 17.3 Å². The minimum atomic E-state index is -0.493. The molecule has 1 saturated heterocycles. The maximum Gasteiger partial charge on any atom is 0.264 e. The number of rotatable bonds is 4. The fourth-order valence-electron chi connectivity index (χ4n) is 2.62. The monoisotopic (exact) mass is 441 g/mol. The van der Waals surface area contributed by atoms with Gasteiger partial charge >= 0.3 is 0 Å². The zero-order chi connectivity index (χ0) is 19.4. The quantitative estimate of drug-likeness (QED) is 0.575. The predicted molar refractivity (Wildman–Crippen MR) is 110 cm³/mol. The normalized spacial score (nSPS) is 18.2. The Morgan fingerprint density at radius 3 is 2.52 bits per heavy atom. The fraction of sp³-hybridized carbons (Fsp3) is 0.150. The highest BCUT2D eigenvalue weighted by atomic mass is 79.9. The number of carbonyl (C=O) groups is 2. The van der Waals surface area contributed by atoms with Crippen molar-refractivity contribution in [1.29, 1.82) is 5.26 Å². The minimum Gasteiger partial charge on any atom is -0.347 e. The predicted octanol–water partition coefficient (Wildman–Crippen LogP) is 3.97. The first-order valence-corrected chi connectivity index (χ1v) is 9.91. The van der Waals surface area contributed by atoms with E-state index in [1.807, 2.05) is 48.5 Å². The number of nitrogens with zero attached hydrogens (tertiary/aromatic N) is 2. The molecule has 2 aromatic carbocycles. The lowest BCUT2D eigenvalue weighted by atomic mass is 10.2. The van der Waals surface area contributed by atoms with Crippen LogP contribution in [-0.2, 0) is 16.1 Å². The number of nitriles is 1. The van der Waals surface area contributed by atoms with Gasteiger partial charge < -0.3 is 5.32 Å². The number of thioether (sulfide) groups is 1. The Hall–Kier alpha value is -2.56. The molecule has 1 aliphatic heterocycles. The maximum absolute atomic E-state index is 12.6. The summed E-state index contributed by atoms with van der Waals surface area (Å²) in [6.45, 7) is 2.08. The van der Waals surface area contributed by atoms with Gasteiger partial charge in [0.05, 0.1) is 5.25 Å². The van der Waals surface area contributed by atoms with Crippen molar-refractivity contribution < 1.29 is 9.59 Å². The molecule has 0 aromatic heterocycles. The zero-order valence-corrected chi connectivity index (χ0v) is 16.9. The molecule has 0 radical (unpaired) electrons. The van der Waals surface area contributed by atoms with Gasteiger partial charge in [0.25, 0.3) is 5.91 Å². The molecule has 5 nitrogen and oxygen atoms in total. The van der Waals surface area contributed by atoms with Crippen LogP contribution in [0.25, 0.3) is 0 Å². The van der Waals surface area contributed by atoms with Gasteiger partial charge in [0, 0.05) is 16.7 Å². The third-order valence-corrected chi connectivity index (χ3v) is 5.69. The van der Waals surface area contributed by atoms with Crippen LogP contribution in [0.5, 0.6) is 0 Å². The van der Waals surface area contributed by atoms with Crippen molar-refractivity contribution in [3.8, 4) is 6.07 Å². The van der Waals surface area contributed by atoms with E-state index in [2.05, 4.69) is 21.2 Å². The Morgan fingerprint density at radius 2 is 1.89 bits per heavy atom. The van der Waals surface area contributed by atoms with Crippen molar-refractivity contribution in [3.05, 3.63) is 75.2 Å². The fourth-order valence-corrected chi connectivity index (χ4v) is 3.98. The third-order valence-electron chi connectivity index (χ3n) is 3.99. The van der Waals surface area contributed by atoms with Gasteiger partial charge in [-0.2, -0.15) is 5.26 Å². The first kappa shape index (κ1) is 19.2. The molecule has 0 saturated carbocycles. The molecule has 136 valence electrons. The SMILES string of the molecule is C[C@@H]1S/C(=C(/C#N)C(=O)NCc2ccccc2)N(c2ccc(Br)cc2)C1=O. The van der Waals surface area contributed by atoms with E-state index in [-0.39, 0.29) is 16.7 Å². The summed E-state index contributed by atoms with van der Waals surface area (Å²) in [6, 6.07) is 18.6. The lowest BCUT2D eigenvalue weighted by Crippen LogP contribution is -2.30. The van der Waals surface area contributed by atoms with Crippen molar-refractivity contribution in [3.63, 3.8) is 0 Å². The van der Waals surface area contributed by atoms with E-state index < -0.39 is 5.91 Å². The molecule has 1 N–H and O–H groups in total. The zero-order valence-electron chi connectivity index (χ0n) is 14.5. The van der Waals surface area contributed by atoms with Crippen molar-refractivity contribution in [2.45, 2.75) is 18.7 Å². The molecular weight excluding hydrogens is 426 g/mol. The molecule has 1 atom stereocenters. The van der Waals surface area contributed by atoms with Gasteiger partial charge in [0.1, 0.15) is 16.7 Å². The lowest BCUT2D eigenvalue weighted by molar-refractivity contribution is -0.117. The molecule has 1 fully saturated rings. The van der Waals surface area contributed by atoms with Gasteiger partial charge in [0.15, 0.2) is 0 Å². The summed E-state index contributed by atoms with van der Waals surface area (Å²) in [5.41, 5.74) is 1.50. The van der Waals surface area contributed by atoms with Gasteiger partial charge in [-0.05, 0) is 36.8 Å². The van der Waals surface area contributed by atoms with Crippen LogP contribution in [-0.4, -0.2) is 17.1 Å². The first-order chi connectivity index (χ1) is 13.0. The van der Waals surface area contributed by atoms with Gasteiger partial charge in [-0.25, -0.2) is 0 Å². The minimum absolute atomic E-state index is 0.0588. The largest absolute Gasteiger partial charge is 0.347 e. The van der Waals surface area contributed by atoms with Gasteiger partial charge in [-0.15, -0.1) is 0 Å². The molecule has 0 bridgehead atoms. The van der Waals surface area contributed by atoms with Crippen LogP contribution in [0, 0.1) is 11.3 Å². The third kappa shape index (κ3) is 4.24. The van der Waals surface area contributed by atoms with Gasteiger partial charge in [0.2, 0.25) is 5.91 Å². The number of carbonyl (C=O) groups excluding carboxylic acids is 2. The summed E-state index contributed by atoms with van der Waals surface area (Å²) in [5.74, 6) is -0.645. The smallest absolute Gasteiger partial charge is 0.264 e. The number of benzene rings is 2. The second kappa shape index (κ2) is 8.42. The second-order valence-electron chi connectivity index (χ2n) is 5.87. The Bertz CT molecular complexity index is 936. The number of nitrogens with one attached hydrogen (secondary N) is 1. The van der Waals surface area contributed by atoms with Crippen LogP contribution in [0.3, 0.4) is 0 Å². The molecule has 0 spiro atoms. The average molecular weight is 442 g/mol. The Morgan fingerprint density at radius 1 is 1.22 bits per heavy atom. The number of amides is 2. The molecule has 3 rings (SSSR count). The Kier molecular flexibility index (Phi) is 5.99. The maximum atomic E-state index is 12.6. The number of hydrogen-bond acceptors (Lipinski definition) is 4. The van der Waals surface area contributed by atoms with Crippen LogP contribution in [0.15, 0.2) is 69.7 Å². The average Bonchev–Trinajstić information content (AvgIpc) is 2.97. The molecule has 1 aliphatic rings. The van der Waals surface area contributed by atoms with Gasteiger partial charge in [-0.1, -0.05) is 58.0 Å². The molecule has 1 heterocycles. The second-order valence-corrected chi connectivity index (χ2v) is 8.12. The van der Waals surface area contributed by atoms with Crippen LogP contribution in [0.2, 0.25) is 0 Å². The van der Waals surface area contributed by atoms with Crippen LogP contribution >= 0.6 is 27.7 Å². The number of halogens is 1. The number of anilines is 1. The summed E-state index contributed by atoms with van der Waals surface area (Å²) < 4.78 is 0.880. The van der Waals surface area contributed by atoms with Crippen LogP contribution in [0.1, 0.15) is 12.5 Å². The highest BCUT2D eigenvalue weighted by Crippen LogP contribution is 2.40. The highest BCUT2D eigenvalue weighted by Gasteiger charge is 2.38. The standard InChI is InChI=1S/C20H16BrN3O2S/c1-13-19(26)24(16-9-7-15(21)8-10-16)20(27-13)17(11-22)18(25)23-12-14-5-3-2-4-6-14/h2-10,13H,12H2,1H3,(H,23,25)/b20-17-/t13-/m0/s1. The van der Waals surface area contributed by atoms with Crippen molar-refractivity contribution in [1.82, 2.24) is 5.32 Å². The molecule has 2 aromatic rings. The van der Waals surface area contributed by atoms with E-state index in [1.54, 1.807) is 19.1 Å². The summed E-state index contributed by atoms with van der Waals surface area (Å²) in [6.07, 6.45) is 0. The van der Waals surface area contributed by atoms with Gasteiger partial charge in [-0.3, -0.25) is 14.5 Å².